The molecule has 0 saturated heterocycles. The third kappa shape index (κ3) is 4.81. The van der Waals surface area contributed by atoms with Gasteiger partial charge in [-0.2, -0.15) is 5.10 Å². The molecule has 0 unspecified atom stereocenters. The molecule has 3 aromatic carbocycles. The molecule has 2 heterocycles. The van der Waals surface area contributed by atoms with Crippen LogP contribution in [0.25, 0.3) is 0 Å². The van der Waals surface area contributed by atoms with Crippen LogP contribution >= 0.6 is 23.2 Å². The molecule has 1 aliphatic rings. The second kappa shape index (κ2) is 9.94. The first-order valence-electron chi connectivity index (χ1n) is 11.2. The number of carbonyl (C=O) groups excluding carboxylic acids is 2. The molecule has 1 aromatic heterocycles. The zero-order valence-corrected chi connectivity index (χ0v) is 20.2. The van der Waals surface area contributed by atoms with Crippen LogP contribution in [0.5, 0.6) is 0 Å². The fourth-order valence-corrected chi connectivity index (χ4v) is 4.75. The Morgan fingerprint density at radius 1 is 0.886 bits per heavy atom. The summed E-state index contributed by atoms with van der Waals surface area (Å²) in [6.45, 7) is 1.19. The molecule has 1 aliphatic heterocycles. The second-order valence-electron chi connectivity index (χ2n) is 8.29. The zero-order valence-electron chi connectivity index (χ0n) is 18.7. The van der Waals surface area contributed by atoms with E-state index in [0.717, 1.165) is 11.1 Å². The number of hydrogen-bond acceptors (Lipinski definition) is 3. The summed E-state index contributed by atoms with van der Waals surface area (Å²) < 4.78 is 1.59. The summed E-state index contributed by atoms with van der Waals surface area (Å²) in [5.41, 5.74) is 3.16. The smallest absolute Gasteiger partial charge is 0.272 e. The minimum Gasteiger partial charge on any atom is -0.340 e. The Morgan fingerprint density at radius 2 is 1.49 bits per heavy atom. The van der Waals surface area contributed by atoms with E-state index in [1.165, 1.54) is 0 Å². The fraction of sp³-hybridized carbons (Fsp3) is 0.148. The normalized spacial score (nSPS) is 13.1. The van der Waals surface area contributed by atoms with Gasteiger partial charge in [0.15, 0.2) is 5.69 Å². The van der Waals surface area contributed by atoms with E-state index in [0.29, 0.717) is 34.4 Å². The Bertz CT molecular complexity index is 1310. The Labute approximate surface area is 213 Å². The van der Waals surface area contributed by atoms with Gasteiger partial charge in [-0.05, 0) is 23.3 Å². The quantitative estimate of drug-likeness (QED) is 0.384. The molecule has 176 valence electrons. The Kier molecular flexibility index (Phi) is 6.57. The van der Waals surface area contributed by atoms with Crippen molar-refractivity contribution in [3.8, 4) is 0 Å². The highest BCUT2D eigenvalue weighted by molar-refractivity contribution is 6.36. The number of amides is 2. The third-order valence-electron chi connectivity index (χ3n) is 6.05. The van der Waals surface area contributed by atoms with Crippen molar-refractivity contribution < 1.29 is 9.59 Å². The lowest BCUT2D eigenvalue weighted by Crippen LogP contribution is -2.39. The van der Waals surface area contributed by atoms with Gasteiger partial charge in [0.05, 0.1) is 12.6 Å². The number of benzene rings is 3. The topological polar surface area (TPSA) is 67.2 Å². The molecule has 0 spiro atoms. The number of aromatic nitrogens is 2. The van der Waals surface area contributed by atoms with Crippen LogP contribution in [0.15, 0.2) is 84.9 Å². The van der Waals surface area contributed by atoms with Gasteiger partial charge in [0.25, 0.3) is 11.8 Å². The maximum absolute atomic E-state index is 13.2. The number of carbonyl (C=O) groups is 2. The van der Waals surface area contributed by atoms with Crippen molar-refractivity contribution >= 4 is 35.0 Å². The summed E-state index contributed by atoms with van der Waals surface area (Å²) in [6, 6.07) is 26.0. The van der Waals surface area contributed by atoms with Crippen molar-refractivity contribution in [3.63, 3.8) is 0 Å². The highest BCUT2D eigenvalue weighted by Crippen LogP contribution is 2.27. The van der Waals surface area contributed by atoms with E-state index < -0.39 is 0 Å². The predicted molar refractivity (Wildman–Crippen MR) is 136 cm³/mol. The average Bonchev–Trinajstić information content (AvgIpc) is 3.33. The fourth-order valence-electron chi connectivity index (χ4n) is 4.23. The highest BCUT2D eigenvalue weighted by Gasteiger charge is 2.29. The van der Waals surface area contributed by atoms with Gasteiger partial charge in [-0.3, -0.25) is 14.3 Å². The minimum atomic E-state index is -0.349. The second-order valence-corrected chi connectivity index (χ2v) is 9.11. The van der Waals surface area contributed by atoms with Gasteiger partial charge in [0.2, 0.25) is 0 Å². The van der Waals surface area contributed by atoms with Crippen molar-refractivity contribution in [3.05, 3.63) is 123 Å². The first-order chi connectivity index (χ1) is 17.0. The maximum Gasteiger partial charge on any atom is 0.272 e. The standard InChI is InChI=1S/C27H22Cl2N4O2/c28-21-12-7-13-22(29)20(21)17-32-14-15-33-24(27(32)35)16-23(31-33)26(34)30-25(18-8-3-1-4-9-18)19-10-5-2-6-11-19/h1-13,16,25H,14-15,17H2,(H,30,34). The number of halogens is 2. The lowest BCUT2D eigenvalue weighted by molar-refractivity contribution is 0.0683. The number of rotatable bonds is 6. The summed E-state index contributed by atoms with van der Waals surface area (Å²) in [5.74, 6) is -0.570. The SMILES string of the molecule is O=C(NC(c1ccccc1)c1ccccc1)c1cc2n(n1)CCN(Cc1c(Cl)cccc1Cl)C2=O. The van der Waals surface area contributed by atoms with Crippen LogP contribution in [0.2, 0.25) is 10.0 Å². The molecule has 6 nitrogen and oxygen atoms in total. The van der Waals surface area contributed by atoms with Crippen LogP contribution in [-0.4, -0.2) is 33.0 Å². The van der Waals surface area contributed by atoms with Crippen molar-refractivity contribution in [2.75, 3.05) is 6.54 Å². The summed E-state index contributed by atoms with van der Waals surface area (Å²) in [6.07, 6.45) is 0. The minimum absolute atomic E-state index is 0.197. The monoisotopic (exact) mass is 504 g/mol. The molecular formula is C27H22Cl2N4O2. The lowest BCUT2D eigenvalue weighted by atomic mass is 9.98. The molecule has 0 atom stereocenters. The largest absolute Gasteiger partial charge is 0.340 e. The van der Waals surface area contributed by atoms with Crippen molar-refractivity contribution in [2.24, 2.45) is 0 Å². The van der Waals surface area contributed by atoms with Gasteiger partial charge < -0.3 is 10.2 Å². The molecule has 0 radical (unpaired) electrons. The van der Waals surface area contributed by atoms with Crippen LogP contribution in [0, 0.1) is 0 Å². The molecule has 8 heteroatoms. The van der Waals surface area contributed by atoms with Crippen molar-refractivity contribution in [1.29, 1.82) is 0 Å². The van der Waals surface area contributed by atoms with E-state index in [2.05, 4.69) is 10.4 Å². The van der Waals surface area contributed by atoms with E-state index in [1.54, 1.807) is 33.8 Å². The molecule has 0 aliphatic carbocycles. The first-order valence-corrected chi connectivity index (χ1v) is 12.0. The van der Waals surface area contributed by atoms with Gasteiger partial charge in [0.1, 0.15) is 5.69 Å². The van der Waals surface area contributed by atoms with Gasteiger partial charge in [-0.15, -0.1) is 0 Å². The summed E-state index contributed by atoms with van der Waals surface area (Å²) in [4.78, 5) is 28.1. The third-order valence-corrected chi connectivity index (χ3v) is 6.76. The Morgan fingerprint density at radius 3 is 2.09 bits per heavy atom. The van der Waals surface area contributed by atoms with E-state index in [-0.39, 0.29) is 30.1 Å². The molecule has 1 N–H and O–H groups in total. The van der Waals surface area contributed by atoms with Gasteiger partial charge >= 0.3 is 0 Å². The van der Waals surface area contributed by atoms with Crippen molar-refractivity contribution in [2.45, 2.75) is 19.1 Å². The Hall–Kier alpha value is -3.61. The van der Waals surface area contributed by atoms with Crippen LogP contribution < -0.4 is 5.32 Å². The molecule has 0 bridgehead atoms. The van der Waals surface area contributed by atoms with E-state index in [9.17, 15) is 9.59 Å². The molecule has 35 heavy (non-hydrogen) atoms. The number of hydrogen-bond donors (Lipinski definition) is 1. The number of nitrogens with zero attached hydrogens (tertiary/aromatic N) is 3. The Balaban J connectivity index is 1.37. The lowest BCUT2D eigenvalue weighted by Gasteiger charge is -2.28. The molecule has 4 aromatic rings. The maximum atomic E-state index is 13.2. The predicted octanol–water partition coefficient (Wildman–Crippen LogP) is 5.37. The highest BCUT2D eigenvalue weighted by atomic mass is 35.5. The number of fused-ring (bicyclic) bond motifs is 1. The van der Waals surface area contributed by atoms with Crippen LogP contribution in [-0.2, 0) is 13.1 Å². The average molecular weight is 505 g/mol. The molecule has 2 amide bonds. The zero-order chi connectivity index (χ0) is 24.4. The van der Waals surface area contributed by atoms with Crippen LogP contribution in [0.4, 0.5) is 0 Å². The van der Waals surface area contributed by atoms with Crippen LogP contribution in [0.3, 0.4) is 0 Å². The van der Waals surface area contributed by atoms with Crippen LogP contribution in [0.1, 0.15) is 43.7 Å². The molecular weight excluding hydrogens is 483 g/mol. The van der Waals surface area contributed by atoms with E-state index in [1.807, 2.05) is 60.7 Å². The summed E-state index contributed by atoms with van der Waals surface area (Å²) >= 11 is 12.6. The van der Waals surface area contributed by atoms with E-state index in [4.69, 9.17) is 23.2 Å². The van der Waals surface area contributed by atoms with Crippen molar-refractivity contribution in [1.82, 2.24) is 20.0 Å². The number of nitrogens with one attached hydrogen (secondary N) is 1. The molecule has 0 fully saturated rings. The van der Waals surface area contributed by atoms with E-state index >= 15 is 0 Å². The first kappa shape index (κ1) is 23.1. The van der Waals surface area contributed by atoms with Gasteiger partial charge in [-0.25, -0.2) is 0 Å². The summed E-state index contributed by atoms with van der Waals surface area (Å²) in [5, 5.41) is 8.53. The van der Waals surface area contributed by atoms with Gasteiger partial charge in [-0.1, -0.05) is 89.9 Å². The summed E-state index contributed by atoms with van der Waals surface area (Å²) in [7, 11) is 0. The van der Waals surface area contributed by atoms with Gasteiger partial charge in [0, 0.05) is 34.8 Å². The molecule has 0 saturated carbocycles. The molecule has 5 rings (SSSR count).